The summed E-state index contributed by atoms with van der Waals surface area (Å²) in [5.41, 5.74) is 1.51. The number of sulfonamides is 1. The summed E-state index contributed by atoms with van der Waals surface area (Å²) in [6.07, 6.45) is 1.47. The first-order valence-electron chi connectivity index (χ1n) is 12.7. The van der Waals surface area contributed by atoms with Crippen LogP contribution in [0.15, 0.2) is 89.8 Å². The van der Waals surface area contributed by atoms with Crippen LogP contribution in [-0.2, 0) is 26.1 Å². The molecule has 1 amide bonds. The average molecular weight is 600 g/mol. The van der Waals surface area contributed by atoms with Crippen LogP contribution in [0.1, 0.15) is 35.7 Å². The number of carbonyl (C=O) groups is 2. The summed E-state index contributed by atoms with van der Waals surface area (Å²) in [5.74, 6) is -1.03. The fraction of sp³-hybridized carbons (Fsp3) is 0.200. The number of nitrogens with one attached hydrogen (secondary N) is 1. The molecule has 0 aromatic heterocycles. The molecule has 0 radical (unpaired) electrons. The lowest BCUT2D eigenvalue weighted by atomic mass is 10.0. The lowest BCUT2D eigenvalue weighted by Gasteiger charge is -2.26. The highest BCUT2D eigenvalue weighted by Gasteiger charge is 2.30. The Hall–Kier alpha value is -3.59. The highest BCUT2D eigenvalue weighted by atomic mass is 35.5. The van der Waals surface area contributed by atoms with Crippen molar-refractivity contribution < 1.29 is 22.7 Å². The number of benzene rings is 4. The maximum atomic E-state index is 13.9. The number of amides is 1. The molecule has 0 aliphatic rings. The third-order valence-electron chi connectivity index (χ3n) is 6.17. The Morgan fingerprint density at radius 1 is 0.875 bits per heavy atom. The Bertz CT molecular complexity index is 1610. The quantitative estimate of drug-likeness (QED) is 0.155. The maximum absolute atomic E-state index is 13.9. The first kappa shape index (κ1) is 29.4. The van der Waals surface area contributed by atoms with Gasteiger partial charge in [0, 0.05) is 27.5 Å². The summed E-state index contributed by atoms with van der Waals surface area (Å²) in [5, 5.41) is 4.16. The zero-order chi connectivity index (χ0) is 28.7. The van der Waals surface area contributed by atoms with Crippen molar-refractivity contribution in [2.24, 2.45) is 0 Å². The van der Waals surface area contributed by atoms with Crippen molar-refractivity contribution in [1.29, 1.82) is 0 Å². The number of ether oxygens (including phenoxy) is 1. The number of nitrogens with zero attached hydrogens (tertiary/aromatic N) is 1. The molecule has 1 N–H and O–H groups in total. The number of hydrogen-bond acceptors (Lipinski definition) is 5. The number of unbranched alkanes of at least 4 members (excludes halogenated alkanes) is 1. The zero-order valence-electron chi connectivity index (χ0n) is 21.8. The number of carbonyl (C=O) groups excluding carboxylic acids is 2. The Balaban J connectivity index is 1.77. The summed E-state index contributed by atoms with van der Waals surface area (Å²) in [4.78, 5) is 25.8. The number of anilines is 1. The normalized spacial score (nSPS) is 11.3. The van der Waals surface area contributed by atoms with Crippen molar-refractivity contribution >= 4 is 61.6 Å². The van der Waals surface area contributed by atoms with Gasteiger partial charge < -0.3 is 10.1 Å². The molecule has 4 aromatic rings. The number of hydrogen-bond donors (Lipinski definition) is 1. The van der Waals surface area contributed by atoms with Crippen LogP contribution in [0.2, 0.25) is 10.0 Å². The van der Waals surface area contributed by atoms with Crippen LogP contribution in [0.4, 0.5) is 5.69 Å². The predicted octanol–water partition coefficient (Wildman–Crippen LogP) is 6.62. The van der Waals surface area contributed by atoms with E-state index in [1.54, 1.807) is 30.3 Å². The highest BCUT2D eigenvalue weighted by molar-refractivity contribution is 7.93. The van der Waals surface area contributed by atoms with Gasteiger partial charge in [0.2, 0.25) is 0 Å². The predicted molar refractivity (Wildman–Crippen MR) is 158 cm³/mol. The van der Waals surface area contributed by atoms with Gasteiger partial charge in [-0.05, 0) is 47.7 Å². The molecule has 40 heavy (non-hydrogen) atoms. The summed E-state index contributed by atoms with van der Waals surface area (Å²) < 4.78 is 34.2. The SMILES string of the molecule is CCCCOC(=O)CN(c1ccc(C(=O)NCc2ccccc2)c2ccccc12)S(=O)(=O)c1cc(Cl)cc(Cl)c1. The third-order valence-corrected chi connectivity index (χ3v) is 8.34. The largest absolute Gasteiger partial charge is 0.464 e. The van der Waals surface area contributed by atoms with Gasteiger partial charge in [0.1, 0.15) is 6.54 Å². The summed E-state index contributed by atoms with van der Waals surface area (Å²) in [7, 11) is -4.33. The zero-order valence-corrected chi connectivity index (χ0v) is 24.1. The van der Waals surface area contributed by atoms with E-state index in [4.69, 9.17) is 27.9 Å². The van der Waals surface area contributed by atoms with E-state index < -0.39 is 22.5 Å². The van der Waals surface area contributed by atoms with Crippen molar-refractivity contribution in [2.45, 2.75) is 31.2 Å². The van der Waals surface area contributed by atoms with E-state index in [0.29, 0.717) is 29.3 Å². The van der Waals surface area contributed by atoms with Crippen LogP contribution in [0.5, 0.6) is 0 Å². The van der Waals surface area contributed by atoms with Crippen LogP contribution in [0.3, 0.4) is 0 Å². The van der Waals surface area contributed by atoms with Gasteiger partial charge >= 0.3 is 5.97 Å². The van der Waals surface area contributed by atoms with Crippen molar-refractivity contribution in [3.8, 4) is 0 Å². The minimum absolute atomic E-state index is 0.131. The maximum Gasteiger partial charge on any atom is 0.326 e. The molecule has 0 unspecified atom stereocenters. The molecule has 0 aliphatic heterocycles. The minimum Gasteiger partial charge on any atom is -0.464 e. The van der Waals surface area contributed by atoms with Crippen molar-refractivity contribution in [1.82, 2.24) is 5.32 Å². The highest BCUT2D eigenvalue weighted by Crippen LogP contribution is 2.34. The molecule has 0 fully saturated rings. The molecule has 0 saturated carbocycles. The molecule has 0 spiro atoms. The summed E-state index contributed by atoms with van der Waals surface area (Å²) in [6.45, 7) is 1.87. The first-order chi connectivity index (χ1) is 19.2. The van der Waals surface area contributed by atoms with E-state index in [9.17, 15) is 18.0 Å². The average Bonchev–Trinajstić information content (AvgIpc) is 2.94. The fourth-order valence-electron chi connectivity index (χ4n) is 4.17. The molecule has 4 aromatic carbocycles. The molecule has 0 aliphatic carbocycles. The number of fused-ring (bicyclic) bond motifs is 1. The molecule has 0 atom stereocenters. The number of rotatable bonds is 11. The lowest BCUT2D eigenvalue weighted by Crippen LogP contribution is -2.37. The van der Waals surface area contributed by atoms with Gasteiger partial charge in [-0.25, -0.2) is 8.42 Å². The van der Waals surface area contributed by atoms with Crippen LogP contribution in [0.25, 0.3) is 10.8 Å². The standard InChI is InChI=1S/C30H28Cl2N2O5S/c1-2-3-15-39-29(35)20-34(40(37,38)24-17-22(31)16-23(32)18-24)28-14-13-27(25-11-7-8-12-26(25)28)30(36)33-19-21-9-5-4-6-10-21/h4-14,16-18H,2-3,15,19-20H2,1H3,(H,33,36). The van der Waals surface area contributed by atoms with Gasteiger partial charge in [0.25, 0.3) is 15.9 Å². The van der Waals surface area contributed by atoms with Gasteiger partial charge in [-0.3, -0.25) is 13.9 Å². The fourth-order valence-corrected chi connectivity index (χ4v) is 6.32. The summed E-state index contributed by atoms with van der Waals surface area (Å²) >= 11 is 12.2. The summed E-state index contributed by atoms with van der Waals surface area (Å²) in [6, 6.07) is 23.4. The van der Waals surface area contributed by atoms with E-state index in [1.807, 2.05) is 37.3 Å². The molecule has 10 heteroatoms. The van der Waals surface area contributed by atoms with E-state index in [0.717, 1.165) is 16.3 Å². The Morgan fingerprint density at radius 3 is 2.20 bits per heavy atom. The second kappa shape index (κ2) is 13.2. The second-order valence-electron chi connectivity index (χ2n) is 9.04. The van der Waals surface area contributed by atoms with Crippen LogP contribution in [0, 0.1) is 0 Å². The molecule has 0 saturated heterocycles. The Labute approximate surface area is 243 Å². The van der Waals surface area contributed by atoms with Gasteiger partial charge in [-0.1, -0.05) is 91.1 Å². The Morgan fingerprint density at radius 2 is 1.52 bits per heavy atom. The minimum atomic E-state index is -4.33. The monoisotopic (exact) mass is 598 g/mol. The van der Waals surface area contributed by atoms with Gasteiger partial charge in [0.15, 0.2) is 0 Å². The van der Waals surface area contributed by atoms with Gasteiger partial charge in [-0.2, -0.15) is 0 Å². The van der Waals surface area contributed by atoms with Gasteiger partial charge in [-0.15, -0.1) is 0 Å². The van der Waals surface area contributed by atoms with Gasteiger partial charge in [0.05, 0.1) is 17.2 Å². The molecule has 208 valence electrons. The number of esters is 1. The smallest absolute Gasteiger partial charge is 0.326 e. The Kier molecular flexibility index (Phi) is 9.68. The first-order valence-corrected chi connectivity index (χ1v) is 14.9. The van der Waals surface area contributed by atoms with Crippen molar-refractivity contribution in [3.05, 3.63) is 106 Å². The number of halogens is 2. The van der Waals surface area contributed by atoms with Crippen LogP contribution in [-0.4, -0.2) is 33.4 Å². The second-order valence-corrected chi connectivity index (χ2v) is 11.8. The molecule has 7 nitrogen and oxygen atoms in total. The molecule has 0 heterocycles. The van der Waals surface area contributed by atoms with E-state index in [2.05, 4.69) is 5.32 Å². The van der Waals surface area contributed by atoms with Crippen LogP contribution < -0.4 is 9.62 Å². The lowest BCUT2D eigenvalue weighted by molar-refractivity contribution is -0.141. The topological polar surface area (TPSA) is 92.8 Å². The molecule has 4 rings (SSSR count). The van der Waals surface area contributed by atoms with Crippen LogP contribution >= 0.6 is 23.2 Å². The third kappa shape index (κ3) is 6.94. The van der Waals surface area contributed by atoms with E-state index in [1.165, 1.54) is 24.3 Å². The van der Waals surface area contributed by atoms with E-state index in [-0.39, 0.29) is 33.1 Å². The molecule has 0 bridgehead atoms. The van der Waals surface area contributed by atoms with E-state index >= 15 is 0 Å². The molecular weight excluding hydrogens is 571 g/mol. The van der Waals surface area contributed by atoms with Crippen molar-refractivity contribution in [2.75, 3.05) is 17.5 Å². The van der Waals surface area contributed by atoms with Crippen molar-refractivity contribution in [3.63, 3.8) is 0 Å². The molecular formula is C30H28Cl2N2O5S.